The predicted molar refractivity (Wildman–Crippen MR) is 127 cm³/mol. The fourth-order valence-electron chi connectivity index (χ4n) is 3.46. The number of amides is 2. The van der Waals surface area contributed by atoms with Crippen LogP contribution in [0.25, 0.3) is 0 Å². The quantitative estimate of drug-likeness (QED) is 0.569. The molecule has 1 saturated heterocycles. The van der Waals surface area contributed by atoms with Crippen LogP contribution in [0.15, 0.2) is 48.5 Å². The van der Waals surface area contributed by atoms with E-state index < -0.39 is 0 Å². The Morgan fingerprint density at radius 3 is 2.74 bits per heavy atom. The van der Waals surface area contributed by atoms with Gasteiger partial charge in [0.25, 0.3) is 0 Å². The Balaban J connectivity index is 1.31. The Morgan fingerprint density at radius 2 is 1.97 bits per heavy atom. The van der Waals surface area contributed by atoms with E-state index in [1.165, 1.54) is 28.0 Å². The van der Waals surface area contributed by atoms with E-state index in [1.54, 1.807) is 11.8 Å². The molecule has 0 radical (unpaired) electrons. The number of nitrogens with one attached hydrogen (secondary N) is 1. The van der Waals surface area contributed by atoms with Crippen molar-refractivity contribution in [2.24, 2.45) is 0 Å². The molecule has 1 atom stereocenters. The number of nitrogens with zero attached hydrogens (tertiary/aromatic N) is 3. The van der Waals surface area contributed by atoms with E-state index in [0.717, 1.165) is 16.4 Å². The van der Waals surface area contributed by atoms with Crippen LogP contribution >= 0.6 is 23.1 Å². The summed E-state index contributed by atoms with van der Waals surface area (Å²) in [5.41, 5.74) is 4.49. The van der Waals surface area contributed by atoms with Crippen LogP contribution in [-0.2, 0) is 15.3 Å². The zero-order valence-corrected chi connectivity index (χ0v) is 19.1. The molecule has 1 N–H and O–H groups in total. The molecule has 31 heavy (non-hydrogen) atoms. The van der Waals surface area contributed by atoms with Gasteiger partial charge in [-0.15, -0.1) is 22.0 Å². The number of thioether (sulfide) groups is 1. The van der Waals surface area contributed by atoms with Gasteiger partial charge in [-0.1, -0.05) is 47.7 Å². The maximum Gasteiger partial charge on any atom is 0.236 e. The molecule has 0 bridgehead atoms. The Hall–Kier alpha value is -2.71. The van der Waals surface area contributed by atoms with E-state index in [1.807, 2.05) is 47.4 Å². The smallest absolute Gasteiger partial charge is 0.236 e. The minimum Gasteiger partial charge on any atom is -0.312 e. The van der Waals surface area contributed by atoms with E-state index in [9.17, 15) is 9.59 Å². The Bertz CT molecular complexity index is 1080. The maximum atomic E-state index is 12.6. The normalized spacial score (nSPS) is 16.0. The fourth-order valence-corrected chi connectivity index (χ4v) is 5.10. The lowest BCUT2D eigenvalue weighted by Crippen LogP contribution is -2.24. The van der Waals surface area contributed by atoms with Crippen LogP contribution in [0.1, 0.15) is 34.0 Å². The third-order valence-electron chi connectivity index (χ3n) is 5.31. The molecule has 2 amide bonds. The average molecular weight is 453 g/mol. The zero-order valence-electron chi connectivity index (χ0n) is 17.5. The van der Waals surface area contributed by atoms with Gasteiger partial charge in [-0.25, -0.2) is 0 Å². The SMILES string of the molecule is Cc1ccc(N2C[C@H](c3nnc(NC(=O)CSCc4ccccc4)s3)CC2=O)cc1C. The highest BCUT2D eigenvalue weighted by molar-refractivity contribution is 7.99. The summed E-state index contributed by atoms with van der Waals surface area (Å²) in [6.45, 7) is 4.69. The summed E-state index contributed by atoms with van der Waals surface area (Å²) in [5.74, 6) is 1.12. The molecule has 0 aliphatic carbocycles. The van der Waals surface area contributed by atoms with E-state index in [2.05, 4.69) is 35.4 Å². The summed E-state index contributed by atoms with van der Waals surface area (Å²) in [7, 11) is 0. The number of benzene rings is 2. The number of anilines is 2. The van der Waals surface area contributed by atoms with Gasteiger partial charge in [0.05, 0.1) is 5.75 Å². The standard InChI is InChI=1S/C23H24N4O2S2/c1-15-8-9-19(10-16(15)2)27-12-18(11-21(27)29)22-25-26-23(31-22)24-20(28)14-30-13-17-6-4-3-5-7-17/h3-10,18H,11-14H2,1-2H3,(H,24,26,28)/t18-/m1/s1. The minimum absolute atomic E-state index is 0.00952. The second kappa shape index (κ2) is 9.62. The highest BCUT2D eigenvalue weighted by Gasteiger charge is 2.34. The van der Waals surface area contributed by atoms with E-state index in [4.69, 9.17) is 0 Å². The van der Waals surface area contributed by atoms with Crippen LogP contribution in [0.4, 0.5) is 10.8 Å². The van der Waals surface area contributed by atoms with Gasteiger partial charge < -0.3 is 4.90 Å². The molecule has 160 valence electrons. The second-order valence-electron chi connectivity index (χ2n) is 7.65. The van der Waals surface area contributed by atoms with Crippen molar-refractivity contribution in [3.05, 3.63) is 70.2 Å². The third-order valence-corrected chi connectivity index (χ3v) is 7.31. The van der Waals surface area contributed by atoms with Crippen molar-refractivity contribution in [1.29, 1.82) is 0 Å². The molecule has 4 rings (SSSR count). The molecule has 0 unspecified atom stereocenters. The number of aryl methyl sites for hydroxylation is 2. The molecule has 2 aromatic carbocycles. The first-order valence-electron chi connectivity index (χ1n) is 10.1. The molecular formula is C23H24N4O2S2. The molecule has 8 heteroatoms. The lowest BCUT2D eigenvalue weighted by molar-refractivity contribution is -0.117. The molecule has 1 aliphatic heterocycles. The van der Waals surface area contributed by atoms with Gasteiger partial charge >= 0.3 is 0 Å². The zero-order chi connectivity index (χ0) is 21.8. The number of carbonyl (C=O) groups excluding carboxylic acids is 2. The van der Waals surface area contributed by atoms with Crippen LogP contribution in [0.5, 0.6) is 0 Å². The average Bonchev–Trinajstić information content (AvgIpc) is 3.37. The predicted octanol–water partition coefficient (Wildman–Crippen LogP) is 4.55. The van der Waals surface area contributed by atoms with Gasteiger partial charge in [0.15, 0.2) is 0 Å². The molecular weight excluding hydrogens is 428 g/mol. The number of aromatic nitrogens is 2. The van der Waals surface area contributed by atoms with E-state index in [-0.39, 0.29) is 17.7 Å². The Labute approximate surface area is 190 Å². The summed E-state index contributed by atoms with van der Waals surface area (Å²) in [5, 5.41) is 12.4. The molecule has 6 nitrogen and oxygen atoms in total. The van der Waals surface area contributed by atoms with E-state index in [0.29, 0.717) is 23.8 Å². The molecule has 1 fully saturated rings. The van der Waals surface area contributed by atoms with Crippen molar-refractivity contribution in [2.75, 3.05) is 22.5 Å². The van der Waals surface area contributed by atoms with Crippen molar-refractivity contribution in [3.63, 3.8) is 0 Å². The number of carbonyl (C=O) groups is 2. The second-order valence-corrected chi connectivity index (χ2v) is 9.64. The first-order chi connectivity index (χ1) is 15.0. The first kappa shape index (κ1) is 21.5. The highest BCUT2D eigenvalue weighted by atomic mass is 32.2. The van der Waals surface area contributed by atoms with Gasteiger partial charge in [-0.05, 0) is 42.7 Å². The van der Waals surface area contributed by atoms with Gasteiger partial charge in [-0.3, -0.25) is 14.9 Å². The van der Waals surface area contributed by atoms with E-state index >= 15 is 0 Å². The number of hydrogen-bond acceptors (Lipinski definition) is 6. The maximum absolute atomic E-state index is 12.6. The van der Waals surface area contributed by atoms with Crippen LogP contribution in [0, 0.1) is 13.8 Å². The number of hydrogen-bond donors (Lipinski definition) is 1. The lowest BCUT2D eigenvalue weighted by atomic mass is 10.1. The van der Waals surface area contributed by atoms with Crippen LogP contribution in [0.3, 0.4) is 0 Å². The summed E-state index contributed by atoms with van der Waals surface area (Å²) in [4.78, 5) is 26.6. The lowest BCUT2D eigenvalue weighted by Gasteiger charge is -2.17. The molecule has 0 saturated carbocycles. The van der Waals surface area contributed by atoms with Gasteiger partial charge in [0.1, 0.15) is 5.01 Å². The van der Waals surface area contributed by atoms with Gasteiger partial charge in [0.2, 0.25) is 16.9 Å². The van der Waals surface area contributed by atoms with Gasteiger partial charge in [-0.2, -0.15) is 0 Å². The monoisotopic (exact) mass is 452 g/mol. The van der Waals surface area contributed by atoms with Crippen molar-refractivity contribution in [1.82, 2.24) is 10.2 Å². The Kier molecular flexibility index (Phi) is 6.67. The third kappa shape index (κ3) is 5.32. The topological polar surface area (TPSA) is 75.2 Å². The summed E-state index contributed by atoms with van der Waals surface area (Å²) >= 11 is 2.91. The molecule has 1 aliphatic rings. The van der Waals surface area contributed by atoms with Crippen LogP contribution in [0.2, 0.25) is 0 Å². The summed E-state index contributed by atoms with van der Waals surface area (Å²) in [6.07, 6.45) is 0.405. The molecule has 1 aromatic heterocycles. The fraction of sp³-hybridized carbons (Fsp3) is 0.304. The summed E-state index contributed by atoms with van der Waals surface area (Å²) in [6, 6.07) is 16.1. The largest absolute Gasteiger partial charge is 0.312 e. The molecule has 0 spiro atoms. The van der Waals surface area contributed by atoms with Crippen molar-refractivity contribution in [3.8, 4) is 0 Å². The van der Waals surface area contributed by atoms with Crippen LogP contribution < -0.4 is 10.2 Å². The first-order valence-corrected chi connectivity index (χ1v) is 12.1. The summed E-state index contributed by atoms with van der Waals surface area (Å²) < 4.78 is 0. The van der Waals surface area contributed by atoms with Crippen molar-refractivity contribution >= 4 is 45.7 Å². The van der Waals surface area contributed by atoms with Gasteiger partial charge in [0, 0.05) is 30.3 Å². The minimum atomic E-state index is -0.0945. The molecule has 3 aromatic rings. The van der Waals surface area contributed by atoms with Crippen molar-refractivity contribution in [2.45, 2.75) is 31.9 Å². The Morgan fingerprint density at radius 1 is 1.16 bits per heavy atom. The van der Waals surface area contributed by atoms with Crippen molar-refractivity contribution < 1.29 is 9.59 Å². The van der Waals surface area contributed by atoms with Crippen LogP contribution in [-0.4, -0.2) is 34.3 Å². The number of rotatable bonds is 7. The molecule has 2 heterocycles. The highest BCUT2D eigenvalue weighted by Crippen LogP contribution is 2.34.